The van der Waals surface area contributed by atoms with Crippen LogP contribution in [-0.2, 0) is 6.42 Å². The van der Waals surface area contributed by atoms with Crippen LogP contribution in [0.5, 0.6) is 0 Å². The van der Waals surface area contributed by atoms with Gasteiger partial charge in [0.1, 0.15) is 5.82 Å². The molecule has 32 heavy (non-hydrogen) atoms. The van der Waals surface area contributed by atoms with E-state index < -0.39 is 0 Å². The molecule has 0 saturated heterocycles. The van der Waals surface area contributed by atoms with Gasteiger partial charge in [-0.1, -0.05) is 54.1 Å². The Balaban J connectivity index is 1.40. The number of carbonyl (C=O) groups is 1. The molecule has 0 bridgehead atoms. The largest absolute Gasteiger partial charge is 0.385 e. The molecule has 1 aromatic heterocycles. The number of hydrogen-bond donors (Lipinski definition) is 3. The highest BCUT2D eigenvalue weighted by molar-refractivity contribution is 6.08. The minimum absolute atomic E-state index is 0.124. The smallest absolute Gasteiger partial charge is 0.256 e. The maximum atomic E-state index is 13.1. The molecule has 0 fully saturated rings. The summed E-state index contributed by atoms with van der Waals surface area (Å²) in [5.41, 5.74) is 12.0. The second kappa shape index (κ2) is 9.79. The first-order valence-electron chi connectivity index (χ1n) is 10.6. The van der Waals surface area contributed by atoms with Gasteiger partial charge in [0.05, 0.1) is 0 Å². The standard InChI is InChI=1S/C27H26N4O/c1-19-10-15-24(20-6-3-2-4-7-20)25(18-19)27(32)31-23-13-11-21(12-14-23)29-17-16-22-8-5-9-26(28)30-22/h2-15,18,29H,16-17H2,1H3,(H2,28,30)(H,31,32). The molecule has 0 aliphatic rings. The lowest BCUT2D eigenvalue weighted by Gasteiger charge is -2.12. The van der Waals surface area contributed by atoms with Crippen LogP contribution in [0.2, 0.25) is 0 Å². The van der Waals surface area contributed by atoms with Crippen molar-refractivity contribution in [2.75, 3.05) is 22.9 Å². The summed E-state index contributed by atoms with van der Waals surface area (Å²) < 4.78 is 0. The fourth-order valence-electron chi connectivity index (χ4n) is 3.56. The summed E-state index contributed by atoms with van der Waals surface area (Å²) in [7, 11) is 0. The third kappa shape index (κ3) is 5.32. The molecule has 1 amide bonds. The van der Waals surface area contributed by atoms with Gasteiger partial charge in [0.15, 0.2) is 0 Å². The van der Waals surface area contributed by atoms with Crippen LogP contribution in [0, 0.1) is 6.92 Å². The number of nitrogen functional groups attached to an aromatic ring is 1. The Bertz CT molecular complexity index is 1200. The molecule has 3 aromatic carbocycles. The fourth-order valence-corrected chi connectivity index (χ4v) is 3.56. The molecule has 0 atom stereocenters. The molecule has 1 heterocycles. The summed E-state index contributed by atoms with van der Waals surface area (Å²) in [4.78, 5) is 17.4. The van der Waals surface area contributed by atoms with Crippen LogP contribution in [0.25, 0.3) is 11.1 Å². The predicted molar refractivity (Wildman–Crippen MR) is 132 cm³/mol. The molecule has 4 rings (SSSR count). The Hall–Kier alpha value is -4.12. The van der Waals surface area contributed by atoms with Crippen molar-refractivity contribution in [2.24, 2.45) is 0 Å². The summed E-state index contributed by atoms with van der Waals surface area (Å²) in [5.74, 6) is 0.410. The topological polar surface area (TPSA) is 80.0 Å². The number of aromatic nitrogens is 1. The molecule has 4 aromatic rings. The van der Waals surface area contributed by atoms with Crippen LogP contribution in [0.4, 0.5) is 17.2 Å². The van der Waals surface area contributed by atoms with Crippen LogP contribution in [-0.4, -0.2) is 17.4 Å². The molecule has 160 valence electrons. The zero-order valence-corrected chi connectivity index (χ0v) is 18.0. The van der Waals surface area contributed by atoms with Crippen LogP contribution < -0.4 is 16.4 Å². The Morgan fingerprint density at radius 3 is 2.38 bits per heavy atom. The van der Waals surface area contributed by atoms with E-state index in [2.05, 4.69) is 15.6 Å². The predicted octanol–water partition coefficient (Wildman–Crippen LogP) is 5.55. The first-order valence-corrected chi connectivity index (χ1v) is 10.6. The second-order valence-electron chi connectivity index (χ2n) is 7.68. The number of hydrogen-bond acceptors (Lipinski definition) is 4. The first kappa shape index (κ1) is 21.1. The van der Waals surface area contributed by atoms with Crippen molar-refractivity contribution in [3.05, 3.63) is 108 Å². The van der Waals surface area contributed by atoms with Gasteiger partial charge >= 0.3 is 0 Å². The average Bonchev–Trinajstić information content (AvgIpc) is 2.81. The molecule has 0 aliphatic heterocycles. The van der Waals surface area contributed by atoms with Crippen molar-refractivity contribution in [3.63, 3.8) is 0 Å². The van der Waals surface area contributed by atoms with Crippen LogP contribution in [0.3, 0.4) is 0 Å². The SMILES string of the molecule is Cc1ccc(-c2ccccc2)c(C(=O)Nc2ccc(NCCc3cccc(N)n3)cc2)c1. The molecule has 0 radical (unpaired) electrons. The summed E-state index contributed by atoms with van der Waals surface area (Å²) in [6.07, 6.45) is 0.777. The normalized spacial score (nSPS) is 10.5. The number of benzene rings is 3. The number of pyridine rings is 1. The molecule has 0 unspecified atom stereocenters. The van der Waals surface area contributed by atoms with E-state index in [4.69, 9.17) is 5.73 Å². The summed E-state index contributed by atoms with van der Waals surface area (Å²) in [6, 6.07) is 29.3. The third-order valence-electron chi connectivity index (χ3n) is 5.19. The minimum atomic E-state index is -0.124. The maximum absolute atomic E-state index is 13.1. The van der Waals surface area contributed by atoms with E-state index in [0.29, 0.717) is 11.4 Å². The summed E-state index contributed by atoms with van der Waals surface area (Å²) in [5, 5.41) is 6.39. The molecular formula is C27H26N4O. The zero-order valence-electron chi connectivity index (χ0n) is 18.0. The Labute approximate surface area is 188 Å². The van der Waals surface area contributed by atoms with Gasteiger partial charge in [-0.15, -0.1) is 0 Å². The highest BCUT2D eigenvalue weighted by Gasteiger charge is 2.13. The van der Waals surface area contributed by atoms with Gasteiger partial charge in [-0.3, -0.25) is 4.79 Å². The highest BCUT2D eigenvalue weighted by atomic mass is 16.1. The lowest BCUT2D eigenvalue weighted by Crippen LogP contribution is -2.13. The van der Waals surface area contributed by atoms with E-state index in [1.54, 1.807) is 6.07 Å². The molecule has 5 heteroatoms. The Morgan fingerprint density at radius 2 is 1.62 bits per heavy atom. The van der Waals surface area contributed by atoms with Gasteiger partial charge in [0.25, 0.3) is 5.91 Å². The number of rotatable bonds is 7. The Kier molecular flexibility index (Phi) is 6.46. The molecule has 0 saturated carbocycles. The van der Waals surface area contributed by atoms with Crippen LogP contribution in [0.15, 0.2) is 91.0 Å². The lowest BCUT2D eigenvalue weighted by molar-refractivity contribution is 0.102. The molecule has 0 aliphatic carbocycles. The van der Waals surface area contributed by atoms with E-state index >= 15 is 0 Å². The molecule has 4 N–H and O–H groups in total. The van der Waals surface area contributed by atoms with Gasteiger partial charge in [0.2, 0.25) is 0 Å². The number of carbonyl (C=O) groups excluding carboxylic acids is 1. The van der Waals surface area contributed by atoms with E-state index in [-0.39, 0.29) is 5.91 Å². The Morgan fingerprint density at radius 1 is 0.875 bits per heavy atom. The monoisotopic (exact) mass is 422 g/mol. The summed E-state index contributed by atoms with van der Waals surface area (Å²) in [6.45, 7) is 2.73. The van der Waals surface area contributed by atoms with Gasteiger partial charge in [-0.2, -0.15) is 0 Å². The highest BCUT2D eigenvalue weighted by Crippen LogP contribution is 2.26. The number of amides is 1. The lowest BCUT2D eigenvalue weighted by atomic mass is 9.97. The van der Waals surface area contributed by atoms with E-state index in [1.807, 2.05) is 91.9 Å². The molecule has 0 spiro atoms. The van der Waals surface area contributed by atoms with E-state index in [0.717, 1.165) is 46.7 Å². The minimum Gasteiger partial charge on any atom is -0.385 e. The molecular weight excluding hydrogens is 396 g/mol. The number of aryl methyl sites for hydroxylation is 1. The summed E-state index contributed by atoms with van der Waals surface area (Å²) >= 11 is 0. The quantitative estimate of drug-likeness (QED) is 0.365. The zero-order chi connectivity index (χ0) is 22.3. The van der Waals surface area contributed by atoms with E-state index in [1.165, 1.54) is 0 Å². The van der Waals surface area contributed by atoms with E-state index in [9.17, 15) is 4.79 Å². The van der Waals surface area contributed by atoms with Crippen LogP contribution in [0.1, 0.15) is 21.6 Å². The van der Waals surface area contributed by atoms with Crippen molar-refractivity contribution < 1.29 is 4.79 Å². The van der Waals surface area contributed by atoms with Crippen molar-refractivity contribution in [1.82, 2.24) is 4.98 Å². The number of nitrogens with zero attached hydrogens (tertiary/aromatic N) is 1. The van der Waals surface area contributed by atoms with Crippen molar-refractivity contribution >= 4 is 23.1 Å². The van der Waals surface area contributed by atoms with Gasteiger partial charge in [0, 0.05) is 35.6 Å². The second-order valence-corrected chi connectivity index (χ2v) is 7.68. The van der Waals surface area contributed by atoms with Gasteiger partial charge in [-0.05, 0) is 60.5 Å². The van der Waals surface area contributed by atoms with Gasteiger partial charge < -0.3 is 16.4 Å². The third-order valence-corrected chi connectivity index (χ3v) is 5.19. The first-order chi connectivity index (χ1) is 15.6. The van der Waals surface area contributed by atoms with Crippen molar-refractivity contribution in [1.29, 1.82) is 0 Å². The number of nitrogens with one attached hydrogen (secondary N) is 2. The number of nitrogens with two attached hydrogens (primary N) is 1. The van der Waals surface area contributed by atoms with Crippen molar-refractivity contribution in [2.45, 2.75) is 13.3 Å². The molecule has 5 nitrogen and oxygen atoms in total. The van der Waals surface area contributed by atoms with Crippen LogP contribution >= 0.6 is 0 Å². The van der Waals surface area contributed by atoms with Crippen molar-refractivity contribution in [3.8, 4) is 11.1 Å². The average molecular weight is 423 g/mol. The van der Waals surface area contributed by atoms with Gasteiger partial charge in [-0.25, -0.2) is 4.98 Å². The maximum Gasteiger partial charge on any atom is 0.256 e. The fraction of sp³-hybridized carbons (Fsp3) is 0.111. The number of anilines is 3.